The predicted octanol–water partition coefficient (Wildman–Crippen LogP) is 4.08. The summed E-state index contributed by atoms with van der Waals surface area (Å²) in [7, 11) is 0. The maximum absolute atomic E-state index is 5.71. The van der Waals surface area contributed by atoms with Gasteiger partial charge in [-0.3, -0.25) is 0 Å². The van der Waals surface area contributed by atoms with Crippen molar-refractivity contribution in [2.24, 2.45) is 0 Å². The smallest absolute Gasteiger partial charge is 0.189 e. The normalized spacial score (nSPS) is 10.8. The van der Waals surface area contributed by atoms with E-state index in [1.165, 1.54) is 11.1 Å². The quantitative estimate of drug-likeness (QED) is 0.446. The lowest BCUT2D eigenvalue weighted by molar-refractivity contribution is 0.0213. The van der Waals surface area contributed by atoms with E-state index in [2.05, 4.69) is 48.0 Å². The molecule has 0 bridgehead atoms. The minimum Gasteiger partial charge on any atom is -0.467 e. The average molecular weight is 287 g/mol. The van der Waals surface area contributed by atoms with Gasteiger partial charge in [0, 0.05) is 17.5 Å². The molecular formula is C13H19BrO2. The van der Waals surface area contributed by atoms with Crippen molar-refractivity contribution in [3.05, 3.63) is 29.3 Å². The molecule has 0 unspecified atom stereocenters. The predicted molar refractivity (Wildman–Crippen MR) is 70.3 cm³/mol. The molecule has 0 radical (unpaired) electrons. The van der Waals surface area contributed by atoms with Crippen LogP contribution in [0.15, 0.2) is 18.2 Å². The minimum absolute atomic E-state index is 0.320. The monoisotopic (exact) mass is 286 g/mol. The molecule has 90 valence electrons. The van der Waals surface area contributed by atoms with Gasteiger partial charge in [0.2, 0.25) is 0 Å². The van der Waals surface area contributed by atoms with E-state index in [4.69, 9.17) is 9.47 Å². The lowest BCUT2D eigenvalue weighted by Gasteiger charge is -2.16. The molecule has 0 aliphatic rings. The summed E-state index contributed by atoms with van der Waals surface area (Å²) >= 11 is 3.48. The first kappa shape index (κ1) is 13.5. The third-order valence-electron chi connectivity index (χ3n) is 2.38. The molecule has 0 fully saturated rings. The Hall–Kier alpha value is -0.540. The average Bonchev–Trinajstić information content (AvgIpc) is 2.29. The van der Waals surface area contributed by atoms with Gasteiger partial charge in [-0.2, -0.15) is 0 Å². The van der Waals surface area contributed by atoms with Crippen molar-refractivity contribution in [1.82, 2.24) is 0 Å². The van der Waals surface area contributed by atoms with Crippen LogP contribution in [-0.4, -0.2) is 13.4 Å². The number of hydrogen-bond donors (Lipinski definition) is 0. The second kappa shape index (κ2) is 6.92. The highest BCUT2D eigenvalue weighted by Gasteiger charge is 2.11. The standard InChI is InChI=1S/C13H19BrO2/c1-4-15-9-16-13-11(8-14)6-5-7-12(13)10(2)3/h5-7,10H,4,8-9H2,1-3H3. The summed E-state index contributed by atoms with van der Waals surface area (Å²) in [5.41, 5.74) is 2.41. The number of halogens is 1. The van der Waals surface area contributed by atoms with Gasteiger partial charge in [-0.25, -0.2) is 0 Å². The SMILES string of the molecule is CCOCOc1c(CBr)cccc1C(C)C. The first-order valence-corrected chi connectivity index (χ1v) is 6.71. The molecule has 1 aromatic rings. The summed E-state index contributed by atoms with van der Waals surface area (Å²) in [6.07, 6.45) is 0. The summed E-state index contributed by atoms with van der Waals surface area (Å²) in [4.78, 5) is 0. The van der Waals surface area contributed by atoms with E-state index in [1.807, 2.05) is 6.92 Å². The fourth-order valence-electron chi connectivity index (χ4n) is 1.52. The Kier molecular flexibility index (Phi) is 5.85. The van der Waals surface area contributed by atoms with E-state index in [0.717, 1.165) is 11.1 Å². The molecule has 0 amide bonds. The molecule has 0 atom stereocenters. The molecule has 0 heterocycles. The van der Waals surface area contributed by atoms with Gasteiger partial charge in [0.1, 0.15) is 5.75 Å². The van der Waals surface area contributed by atoms with Gasteiger partial charge in [-0.15, -0.1) is 0 Å². The van der Waals surface area contributed by atoms with Gasteiger partial charge < -0.3 is 9.47 Å². The highest BCUT2D eigenvalue weighted by molar-refractivity contribution is 9.08. The Morgan fingerprint density at radius 2 is 2.06 bits per heavy atom. The van der Waals surface area contributed by atoms with Crippen molar-refractivity contribution in [3.63, 3.8) is 0 Å². The highest BCUT2D eigenvalue weighted by Crippen LogP contribution is 2.31. The van der Waals surface area contributed by atoms with Crippen LogP contribution in [0.1, 0.15) is 37.8 Å². The lowest BCUT2D eigenvalue weighted by atomic mass is 10.00. The fraction of sp³-hybridized carbons (Fsp3) is 0.538. The summed E-state index contributed by atoms with van der Waals surface area (Å²) < 4.78 is 10.9. The van der Waals surface area contributed by atoms with Crippen molar-refractivity contribution in [2.75, 3.05) is 13.4 Å². The number of rotatable bonds is 6. The topological polar surface area (TPSA) is 18.5 Å². The van der Waals surface area contributed by atoms with E-state index in [1.54, 1.807) is 0 Å². The molecule has 0 N–H and O–H groups in total. The van der Waals surface area contributed by atoms with Gasteiger partial charge in [-0.1, -0.05) is 48.0 Å². The molecule has 1 aromatic carbocycles. The van der Waals surface area contributed by atoms with Gasteiger partial charge in [0.15, 0.2) is 6.79 Å². The molecular weight excluding hydrogens is 268 g/mol. The number of para-hydroxylation sites is 1. The van der Waals surface area contributed by atoms with E-state index in [0.29, 0.717) is 19.3 Å². The molecule has 0 aromatic heterocycles. The van der Waals surface area contributed by atoms with Crippen LogP contribution in [0.4, 0.5) is 0 Å². The van der Waals surface area contributed by atoms with E-state index < -0.39 is 0 Å². The number of benzene rings is 1. The van der Waals surface area contributed by atoms with Crippen molar-refractivity contribution in [1.29, 1.82) is 0 Å². The van der Waals surface area contributed by atoms with Crippen LogP contribution in [-0.2, 0) is 10.1 Å². The first-order chi connectivity index (χ1) is 7.70. The molecule has 0 aliphatic carbocycles. The third kappa shape index (κ3) is 3.49. The van der Waals surface area contributed by atoms with Crippen LogP contribution in [0.5, 0.6) is 5.75 Å². The number of ether oxygens (including phenoxy) is 2. The zero-order chi connectivity index (χ0) is 12.0. The summed E-state index contributed by atoms with van der Waals surface area (Å²) in [6, 6.07) is 6.25. The molecule has 0 spiro atoms. The second-order valence-electron chi connectivity index (χ2n) is 3.88. The lowest BCUT2D eigenvalue weighted by Crippen LogP contribution is -2.06. The van der Waals surface area contributed by atoms with Gasteiger partial charge in [0.25, 0.3) is 0 Å². The van der Waals surface area contributed by atoms with Crippen LogP contribution in [0.25, 0.3) is 0 Å². The van der Waals surface area contributed by atoms with Crippen molar-refractivity contribution in [2.45, 2.75) is 32.0 Å². The molecule has 2 nitrogen and oxygen atoms in total. The van der Waals surface area contributed by atoms with Gasteiger partial charge >= 0.3 is 0 Å². The van der Waals surface area contributed by atoms with E-state index in [9.17, 15) is 0 Å². The summed E-state index contributed by atoms with van der Waals surface area (Å²) in [5.74, 6) is 1.42. The van der Waals surface area contributed by atoms with Crippen molar-refractivity contribution >= 4 is 15.9 Å². The highest BCUT2D eigenvalue weighted by atomic mass is 79.9. The minimum atomic E-state index is 0.320. The first-order valence-electron chi connectivity index (χ1n) is 5.59. The van der Waals surface area contributed by atoms with E-state index in [-0.39, 0.29) is 0 Å². The maximum Gasteiger partial charge on any atom is 0.189 e. The Morgan fingerprint density at radius 1 is 1.31 bits per heavy atom. The van der Waals surface area contributed by atoms with Crippen molar-refractivity contribution < 1.29 is 9.47 Å². The van der Waals surface area contributed by atoms with Gasteiger partial charge in [-0.05, 0) is 18.4 Å². The maximum atomic E-state index is 5.71. The van der Waals surface area contributed by atoms with Crippen LogP contribution in [0, 0.1) is 0 Å². The van der Waals surface area contributed by atoms with Crippen LogP contribution in [0.2, 0.25) is 0 Å². The second-order valence-corrected chi connectivity index (χ2v) is 4.44. The molecule has 0 aliphatic heterocycles. The Balaban J connectivity index is 2.91. The van der Waals surface area contributed by atoms with E-state index >= 15 is 0 Å². The zero-order valence-electron chi connectivity index (χ0n) is 10.1. The zero-order valence-corrected chi connectivity index (χ0v) is 11.7. The number of alkyl halides is 1. The van der Waals surface area contributed by atoms with Crippen LogP contribution < -0.4 is 4.74 Å². The largest absolute Gasteiger partial charge is 0.467 e. The molecule has 0 saturated carbocycles. The van der Waals surface area contributed by atoms with Crippen LogP contribution in [0.3, 0.4) is 0 Å². The molecule has 16 heavy (non-hydrogen) atoms. The Bertz CT molecular complexity index is 324. The Labute approximate surface area is 106 Å². The summed E-state index contributed by atoms with van der Waals surface area (Å²) in [6.45, 7) is 7.29. The molecule has 0 saturated heterocycles. The Morgan fingerprint density at radius 3 is 2.62 bits per heavy atom. The number of hydrogen-bond acceptors (Lipinski definition) is 2. The van der Waals surface area contributed by atoms with Crippen LogP contribution >= 0.6 is 15.9 Å². The molecule has 1 rings (SSSR count). The van der Waals surface area contributed by atoms with Gasteiger partial charge in [0.05, 0.1) is 0 Å². The summed E-state index contributed by atoms with van der Waals surface area (Å²) in [5, 5.41) is 0.801. The fourth-order valence-corrected chi connectivity index (χ4v) is 1.97. The van der Waals surface area contributed by atoms with Crippen molar-refractivity contribution in [3.8, 4) is 5.75 Å². The third-order valence-corrected chi connectivity index (χ3v) is 2.99. The molecule has 3 heteroatoms.